The van der Waals surface area contributed by atoms with E-state index in [1.165, 1.54) is 0 Å². The summed E-state index contributed by atoms with van der Waals surface area (Å²) in [6.07, 6.45) is 4.24. The maximum Gasteiger partial charge on any atom is 0.223 e. The Kier molecular flexibility index (Phi) is 7.23. The summed E-state index contributed by atoms with van der Waals surface area (Å²) in [7, 11) is 0. The Labute approximate surface area is 254 Å². The van der Waals surface area contributed by atoms with Crippen LogP contribution in [-0.4, -0.2) is 42.8 Å². The molecule has 3 heterocycles. The number of benzene rings is 3. The molecule has 224 valence electrons. The van der Waals surface area contributed by atoms with Crippen molar-refractivity contribution in [2.45, 2.75) is 38.1 Å². The van der Waals surface area contributed by atoms with Crippen LogP contribution < -0.4 is 22.5 Å². The molecule has 6 aromatic rings. The number of aromatic nitrogens is 6. The van der Waals surface area contributed by atoms with Crippen LogP contribution in [0.2, 0.25) is 0 Å². The Balaban J connectivity index is 1.31. The molecule has 1 aliphatic carbocycles. The first kappa shape index (κ1) is 27.7. The second-order valence-corrected chi connectivity index (χ2v) is 11.8. The van der Waals surface area contributed by atoms with Gasteiger partial charge in [-0.1, -0.05) is 42.5 Å². The number of carbonyl (C=O) groups excluding carboxylic acids is 1. The molecular weight excluding hydrogens is 552 g/mol. The van der Waals surface area contributed by atoms with Crippen LogP contribution in [0.25, 0.3) is 44.3 Å². The van der Waals surface area contributed by atoms with Crippen molar-refractivity contribution in [3.8, 4) is 22.5 Å². The number of H-pyrrole nitrogens is 3. The van der Waals surface area contributed by atoms with Crippen molar-refractivity contribution in [2.75, 3.05) is 18.0 Å². The van der Waals surface area contributed by atoms with Crippen LogP contribution in [0.15, 0.2) is 66.7 Å². The number of hydrogen-bond acceptors (Lipinski definition) is 7. The maximum absolute atomic E-state index is 13.7. The molecule has 0 bridgehead atoms. The average Bonchev–Trinajstić information content (AvgIpc) is 3.78. The fourth-order valence-corrected chi connectivity index (χ4v) is 6.37. The number of rotatable bonds is 8. The monoisotopic (exact) mass is 588 g/mol. The second kappa shape index (κ2) is 11.5. The molecule has 0 spiro atoms. The van der Waals surface area contributed by atoms with Gasteiger partial charge in [-0.2, -0.15) is 10.2 Å². The van der Waals surface area contributed by atoms with Gasteiger partial charge in [-0.15, -0.1) is 0 Å². The summed E-state index contributed by atoms with van der Waals surface area (Å²) in [5, 5.41) is 19.4. The van der Waals surface area contributed by atoms with Crippen molar-refractivity contribution >= 4 is 39.3 Å². The minimum absolute atomic E-state index is 0.0357. The number of fused-ring (bicyclic) bond motifs is 2. The highest BCUT2D eigenvalue weighted by atomic mass is 16.2. The van der Waals surface area contributed by atoms with Gasteiger partial charge in [-0.25, -0.2) is 4.98 Å². The number of imidazole rings is 1. The predicted molar refractivity (Wildman–Crippen MR) is 173 cm³/mol. The highest BCUT2D eigenvalue weighted by molar-refractivity contribution is 5.95. The number of nitrogens with zero attached hydrogens (tertiary/aromatic N) is 3. The van der Waals surface area contributed by atoms with Crippen molar-refractivity contribution in [3.63, 3.8) is 0 Å². The van der Waals surface area contributed by atoms with Crippen LogP contribution in [0, 0.1) is 11.8 Å². The fourth-order valence-electron chi connectivity index (χ4n) is 6.37. The molecule has 1 amide bonds. The Morgan fingerprint density at radius 1 is 0.864 bits per heavy atom. The van der Waals surface area contributed by atoms with Crippen molar-refractivity contribution < 1.29 is 4.79 Å². The van der Waals surface area contributed by atoms with Crippen LogP contribution in [0.1, 0.15) is 43.1 Å². The Hall–Kier alpha value is -5.16. The summed E-state index contributed by atoms with van der Waals surface area (Å²) in [6.45, 7) is 0.677. The Morgan fingerprint density at radius 2 is 1.50 bits per heavy atom. The molecule has 3 aromatic heterocycles. The van der Waals surface area contributed by atoms with Gasteiger partial charge in [0, 0.05) is 27.8 Å². The van der Waals surface area contributed by atoms with E-state index in [4.69, 9.17) is 22.2 Å². The quantitative estimate of drug-likeness (QED) is 0.132. The Bertz CT molecular complexity index is 1830. The highest BCUT2D eigenvalue weighted by Crippen LogP contribution is 2.36. The van der Waals surface area contributed by atoms with Crippen LogP contribution in [-0.2, 0) is 11.2 Å². The van der Waals surface area contributed by atoms with Gasteiger partial charge in [0.25, 0.3) is 0 Å². The third-order valence-electron chi connectivity index (χ3n) is 8.95. The summed E-state index contributed by atoms with van der Waals surface area (Å²) in [5.41, 5.74) is 24.1. The number of nitrogen functional groups attached to an aromatic ring is 2. The molecule has 44 heavy (non-hydrogen) atoms. The lowest BCUT2D eigenvalue weighted by Crippen LogP contribution is -2.37. The number of nitrogens with one attached hydrogen (secondary N) is 4. The topological polar surface area (TPSA) is 193 Å². The third-order valence-corrected chi connectivity index (χ3v) is 8.95. The molecular formula is C33H36N10O. The van der Waals surface area contributed by atoms with Gasteiger partial charge in [0.1, 0.15) is 5.82 Å². The largest absolute Gasteiger partial charge is 0.382 e. The summed E-state index contributed by atoms with van der Waals surface area (Å²) in [6, 6.07) is 21.7. The molecule has 1 unspecified atom stereocenters. The van der Waals surface area contributed by atoms with Gasteiger partial charge < -0.3 is 27.5 Å². The normalized spacial score (nSPS) is 17.7. The van der Waals surface area contributed by atoms with Crippen molar-refractivity contribution in [1.82, 2.24) is 35.7 Å². The van der Waals surface area contributed by atoms with Gasteiger partial charge >= 0.3 is 0 Å². The number of aromatic amines is 3. The van der Waals surface area contributed by atoms with E-state index in [1.807, 2.05) is 54.6 Å². The number of amides is 1. The van der Waals surface area contributed by atoms with Crippen molar-refractivity contribution in [3.05, 3.63) is 78.1 Å². The minimum atomic E-state index is -0.373. The zero-order valence-corrected chi connectivity index (χ0v) is 24.3. The van der Waals surface area contributed by atoms with E-state index in [9.17, 15) is 4.79 Å². The van der Waals surface area contributed by atoms with Crippen LogP contribution in [0.5, 0.6) is 0 Å². The van der Waals surface area contributed by atoms with Crippen LogP contribution in [0.3, 0.4) is 0 Å². The molecule has 3 aromatic carbocycles. The summed E-state index contributed by atoms with van der Waals surface area (Å²) in [4.78, 5) is 22.4. The highest BCUT2D eigenvalue weighted by Gasteiger charge is 2.29. The second-order valence-electron chi connectivity index (χ2n) is 11.8. The lowest BCUT2D eigenvalue weighted by Gasteiger charge is -2.28. The lowest BCUT2D eigenvalue weighted by atomic mass is 9.81. The number of nitrogens with two attached hydrogens (primary N) is 3. The molecule has 7 rings (SSSR count). The predicted octanol–water partition coefficient (Wildman–Crippen LogP) is 4.83. The number of anilines is 2. The van der Waals surface area contributed by atoms with E-state index in [0.29, 0.717) is 36.3 Å². The first-order chi connectivity index (χ1) is 21.5. The molecule has 0 radical (unpaired) electrons. The molecule has 10 N–H and O–H groups in total. The summed E-state index contributed by atoms with van der Waals surface area (Å²) in [5.74, 6) is 2.10. The zero-order valence-electron chi connectivity index (χ0n) is 24.3. The van der Waals surface area contributed by atoms with E-state index in [-0.39, 0.29) is 17.9 Å². The fraction of sp³-hybridized carbons (Fsp3) is 0.273. The molecule has 1 fully saturated rings. The van der Waals surface area contributed by atoms with Gasteiger partial charge in [-0.3, -0.25) is 15.0 Å². The molecule has 11 heteroatoms. The van der Waals surface area contributed by atoms with Crippen LogP contribution >= 0.6 is 0 Å². The zero-order chi connectivity index (χ0) is 30.2. The number of carbonyl (C=O) groups is 1. The van der Waals surface area contributed by atoms with E-state index >= 15 is 0 Å². The third kappa shape index (κ3) is 5.26. The molecule has 1 saturated carbocycles. The molecule has 0 saturated heterocycles. The van der Waals surface area contributed by atoms with E-state index in [2.05, 4.69) is 42.8 Å². The first-order valence-electron chi connectivity index (χ1n) is 15.1. The Morgan fingerprint density at radius 3 is 2.16 bits per heavy atom. The van der Waals surface area contributed by atoms with Gasteiger partial charge in [0.15, 0.2) is 11.6 Å². The van der Waals surface area contributed by atoms with Crippen molar-refractivity contribution in [1.29, 1.82) is 0 Å². The average molecular weight is 589 g/mol. The van der Waals surface area contributed by atoms with E-state index in [0.717, 1.165) is 75.6 Å². The van der Waals surface area contributed by atoms with Crippen LogP contribution in [0.4, 0.5) is 11.6 Å². The smallest absolute Gasteiger partial charge is 0.223 e. The maximum atomic E-state index is 13.7. The van der Waals surface area contributed by atoms with Gasteiger partial charge in [0.2, 0.25) is 5.91 Å². The van der Waals surface area contributed by atoms with Crippen molar-refractivity contribution in [2.24, 2.45) is 17.6 Å². The van der Waals surface area contributed by atoms with Gasteiger partial charge in [0.05, 0.1) is 28.5 Å². The SMILES string of the molecule is NCC1CCC(C(=O)NC(Cc2ccccc2)c2nc(-c3ccc4c(N)n[nH]c4c3)c(-c3ccc4c(N)n[nH]c4c3)[nH]2)CC1. The first-order valence-corrected chi connectivity index (χ1v) is 15.1. The lowest BCUT2D eigenvalue weighted by molar-refractivity contribution is -0.127. The molecule has 1 aliphatic rings. The standard InChI is InChI=1S/C33H36N10O/c34-17-19-6-8-20(9-7-19)33(44)37-27(14-18-4-2-1-3-5-18)32-38-28(21-10-12-23-25(15-21)40-42-30(23)35)29(39-32)22-11-13-24-26(16-22)41-43-31(24)36/h1-5,10-13,15-16,19-20,27H,6-9,14,17,34H2,(H,37,44)(H,38,39)(H3,35,40,42)(H3,36,41,43). The minimum Gasteiger partial charge on any atom is -0.382 e. The molecule has 0 aliphatic heterocycles. The molecule has 1 atom stereocenters. The van der Waals surface area contributed by atoms with E-state index < -0.39 is 0 Å². The molecule has 11 nitrogen and oxygen atoms in total. The summed E-state index contributed by atoms with van der Waals surface area (Å²) >= 11 is 0. The van der Waals surface area contributed by atoms with Gasteiger partial charge in [-0.05, 0) is 74.4 Å². The van der Waals surface area contributed by atoms with E-state index in [1.54, 1.807) is 0 Å². The number of hydrogen-bond donors (Lipinski definition) is 7. The summed E-state index contributed by atoms with van der Waals surface area (Å²) < 4.78 is 0.